The zero-order valence-electron chi connectivity index (χ0n) is 12.0. The molecule has 0 radical (unpaired) electrons. The average molecular weight is 284 g/mol. The standard InChI is InChI=1S/C16H20N4O/c17-19-14-11-15(18-13-8-4-3-7-12(13)14)16(21)20-9-5-1-2-6-10-20/h3-4,7-8,11H,1-2,5-6,9-10,17H2,(H,18,19). The van der Waals surface area contributed by atoms with Crippen molar-refractivity contribution >= 4 is 22.5 Å². The van der Waals surface area contributed by atoms with E-state index in [-0.39, 0.29) is 5.91 Å². The Hall–Kier alpha value is -2.14. The molecule has 2 aromatic rings. The maximum absolute atomic E-state index is 12.7. The normalized spacial score (nSPS) is 15.8. The number of anilines is 1. The molecule has 21 heavy (non-hydrogen) atoms. The SMILES string of the molecule is NNc1cc(C(=O)N2CCCCCC2)nc2ccccc12. The van der Waals surface area contributed by atoms with Crippen LogP contribution in [0.5, 0.6) is 0 Å². The smallest absolute Gasteiger partial charge is 0.272 e. The van der Waals surface area contributed by atoms with Gasteiger partial charge >= 0.3 is 0 Å². The highest BCUT2D eigenvalue weighted by molar-refractivity contribution is 5.99. The molecule has 1 aliphatic rings. The maximum atomic E-state index is 12.7. The third kappa shape index (κ3) is 2.83. The minimum atomic E-state index is -0.000784. The van der Waals surface area contributed by atoms with Crippen molar-refractivity contribution in [3.8, 4) is 0 Å². The van der Waals surface area contributed by atoms with E-state index in [2.05, 4.69) is 10.4 Å². The number of hydrazine groups is 1. The average Bonchev–Trinajstić information content (AvgIpc) is 2.82. The number of nitrogens with two attached hydrogens (primary N) is 1. The predicted octanol–water partition coefficient (Wildman–Crippen LogP) is 2.54. The number of hydrogen-bond acceptors (Lipinski definition) is 4. The van der Waals surface area contributed by atoms with Crippen LogP contribution in [0.3, 0.4) is 0 Å². The first kappa shape index (κ1) is 13.8. The molecule has 1 aromatic carbocycles. The lowest BCUT2D eigenvalue weighted by Crippen LogP contribution is -2.32. The number of hydrogen-bond donors (Lipinski definition) is 2. The molecule has 1 amide bonds. The molecule has 2 heterocycles. The molecule has 0 saturated carbocycles. The third-order valence-electron chi connectivity index (χ3n) is 3.98. The summed E-state index contributed by atoms with van der Waals surface area (Å²) < 4.78 is 0. The van der Waals surface area contributed by atoms with Crippen molar-refractivity contribution in [1.82, 2.24) is 9.88 Å². The Morgan fingerprint density at radius 1 is 1.14 bits per heavy atom. The fourth-order valence-electron chi connectivity index (χ4n) is 2.84. The molecule has 1 aliphatic heterocycles. The van der Waals surface area contributed by atoms with Crippen LogP contribution < -0.4 is 11.3 Å². The number of benzene rings is 1. The summed E-state index contributed by atoms with van der Waals surface area (Å²) >= 11 is 0. The van der Waals surface area contributed by atoms with Crippen LogP contribution in [0.1, 0.15) is 36.2 Å². The van der Waals surface area contributed by atoms with Crippen molar-refractivity contribution in [2.45, 2.75) is 25.7 Å². The minimum absolute atomic E-state index is 0.000784. The van der Waals surface area contributed by atoms with Crippen LogP contribution in [0.2, 0.25) is 0 Å². The molecule has 0 bridgehead atoms. The molecule has 0 unspecified atom stereocenters. The van der Waals surface area contributed by atoms with Crippen molar-refractivity contribution in [3.05, 3.63) is 36.0 Å². The van der Waals surface area contributed by atoms with E-state index < -0.39 is 0 Å². The Balaban J connectivity index is 1.97. The van der Waals surface area contributed by atoms with E-state index in [0.717, 1.165) is 42.5 Å². The molecule has 1 fully saturated rings. The van der Waals surface area contributed by atoms with Gasteiger partial charge in [-0.15, -0.1) is 0 Å². The Labute approximate surface area is 124 Å². The van der Waals surface area contributed by atoms with E-state index in [4.69, 9.17) is 5.84 Å². The van der Waals surface area contributed by atoms with Gasteiger partial charge in [-0.2, -0.15) is 0 Å². The first-order valence-electron chi connectivity index (χ1n) is 7.45. The quantitative estimate of drug-likeness (QED) is 0.656. The molecule has 0 atom stereocenters. The number of likely N-dealkylation sites (tertiary alicyclic amines) is 1. The summed E-state index contributed by atoms with van der Waals surface area (Å²) in [4.78, 5) is 19.1. The number of aromatic nitrogens is 1. The summed E-state index contributed by atoms with van der Waals surface area (Å²) in [5, 5.41) is 0.924. The van der Waals surface area contributed by atoms with Crippen molar-refractivity contribution in [3.63, 3.8) is 0 Å². The van der Waals surface area contributed by atoms with E-state index in [1.807, 2.05) is 29.2 Å². The lowest BCUT2D eigenvalue weighted by molar-refractivity contribution is 0.0756. The monoisotopic (exact) mass is 284 g/mol. The van der Waals surface area contributed by atoms with Gasteiger partial charge in [0.1, 0.15) is 5.69 Å². The third-order valence-corrected chi connectivity index (χ3v) is 3.98. The predicted molar refractivity (Wildman–Crippen MR) is 83.9 cm³/mol. The molecular formula is C16H20N4O. The Morgan fingerprint density at radius 3 is 2.57 bits per heavy atom. The largest absolute Gasteiger partial charge is 0.337 e. The second-order valence-corrected chi connectivity index (χ2v) is 5.42. The Kier molecular flexibility index (Phi) is 4.01. The first-order chi connectivity index (χ1) is 10.3. The number of nitrogens with one attached hydrogen (secondary N) is 1. The number of carbonyl (C=O) groups is 1. The van der Waals surface area contributed by atoms with Gasteiger partial charge in [0.15, 0.2) is 0 Å². The van der Waals surface area contributed by atoms with Crippen molar-refractivity contribution in [1.29, 1.82) is 0 Å². The summed E-state index contributed by atoms with van der Waals surface area (Å²) in [6, 6.07) is 9.43. The van der Waals surface area contributed by atoms with Gasteiger partial charge in [0, 0.05) is 18.5 Å². The molecule has 5 heteroatoms. The molecule has 5 nitrogen and oxygen atoms in total. The van der Waals surface area contributed by atoms with E-state index in [9.17, 15) is 4.79 Å². The van der Waals surface area contributed by atoms with Gasteiger partial charge in [0.05, 0.1) is 11.2 Å². The van der Waals surface area contributed by atoms with Gasteiger partial charge in [-0.1, -0.05) is 31.0 Å². The van der Waals surface area contributed by atoms with E-state index in [1.165, 1.54) is 12.8 Å². The number of amides is 1. The minimum Gasteiger partial charge on any atom is -0.337 e. The molecule has 110 valence electrons. The number of pyridine rings is 1. The molecular weight excluding hydrogens is 264 g/mol. The summed E-state index contributed by atoms with van der Waals surface area (Å²) in [5.41, 5.74) is 4.65. The number of nitrogens with zero attached hydrogens (tertiary/aromatic N) is 2. The number of fused-ring (bicyclic) bond motifs is 1. The molecule has 0 aliphatic carbocycles. The molecule has 0 spiro atoms. The highest BCUT2D eigenvalue weighted by atomic mass is 16.2. The van der Waals surface area contributed by atoms with Crippen LogP contribution in [0, 0.1) is 0 Å². The Bertz CT molecular complexity index is 648. The molecule has 3 N–H and O–H groups in total. The van der Waals surface area contributed by atoms with Crippen molar-refractivity contribution in [2.75, 3.05) is 18.5 Å². The van der Waals surface area contributed by atoms with Crippen LogP contribution in [-0.4, -0.2) is 28.9 Å². The topological polar surface area (TPSA) is 71.2 Å². The summed E-state index contributed by atoms with van der Waals surface area (Å²) in [7, 11) is 0. The van der Waals surface area contributed by atoms with Crippen LogP contribution in [0.4, 0.5) is 5.69 Å². The van der Waals surface area contributed by atoms with E-state index in [0.29, 0.717) is 5.69 Å². The summed E-state index contributed by atoms with van der Waals surface area (Å²) in [6.45, 7) is 1.64. The lowest BCUT2D eigenvalue weighted by Gasteiger charge is -2.20. The molecule has 1 saturated heterocycles. The van der Waals surface area contributed by atoms with Crippen LogP contribution in [0.15, 0.2) is 30.3 Å². The lowest BCUT2D eigenvalue weighted by atomic mass is 10.1. The van der Waals surface area contributed by atoms with Crippen molar-refractivity contribution < 1.29 is 4.79 Å². The maximum Gasteiger partial charge on any atom is 0.272 e. The first-order valence-corrected chi connectivity index (χ1v) is 7.45. The summed E-state index contributed by atoms with van der Waals surface area (Å²) in [6.07, 6.45) is 4.54. The second-order valence-electron chi connectivity index (χ2n) is 5.42. The zero-order chi connectivity index (χ0) is 14.7. The van der Waals surface area contributed by atoms with Crippen molar-refractivity contribution in [2.24, 2.45) is 5.84 Å². The van der Waals surface area contributed by atoms with Crippen LogP contribution in [0.25, 0.3) is 10.9 Å². The van der Waals surface area contributed by atoms with E-state index in [1.54, 1.807) is 6.07 Å². The van der Waals surface area contributed by atoms with Gasteiger partial charge in [-0.25, -0.2) is 4.98 Å². The summed E-state index contributed by atoms with van der Waals surface area (Å²) in [5.74, 6) is 5.58. The van der Waals surface area contributed by atoms with Gasteiger partial charge in [-0.3, -0.25) is 10.6 Å². The van der Waals surface area contributed by atoms with Gasteiger partial charge in [-0.05, 0) is 25.0 Å². The fraction of sp³-hybridized carbons (Fsp3) is 0.375. The van der Waals surface area contributed by atoms with Crippen LogP contribution >= 0.6 is 0 Å². The molecule has 1 aromatic heterocycles. The van der Waals surface area contributed by atoms with Gasteiger partial charge in [0.25, 0.3) is 5.91 Å². The van der Waals surface area contributed by atoms with Gasteiger partial charge in [0.2, 0.25) is 0 Å². The zero-order valence-corrected chi connectivity index (χ0v) is 12.0. The fourth-order valence-corrected chi connectivity index (χ4v) is 2.84. The second kappa shape index (κ2) is 6.10. The Morgan fingerprint density at radius 2 is 1.86 bits per heavy atom. The number of rotatable bonds is 2. The number of carbonyl (C=O) groups excluding carboxylic acids is 1. The number of nitrogen functional groups attached to an aromatic ring is 1. The number of para-hydroxylation sites is 1. The highest BCUT2D eigenvalue weighted by Crippen LogP contribution is 2.23. The van der Waals surface area contributed by atoms with Gasteiger partial charge < -0.3 is 10.3 Å². The molecule has 3 rings (SSSR count). The van der Waals surface area contributed by atoms with Crippen LogP contribution in [-0.2, 0) is 0 Å². The van der Waals surface area contributed by atoms with E-state index >= 15 is 0 Å². The highest BCUT2D eigenvalue weighted by Gasteiger charge is 2.19.